The van der Waals surface area contributed by atoms with E-state index in [1.54, 1.807) is 4.90 Å². The SMILES string of the molecule is C=CC(=O)N1CCC(C(=O)NC(CC)CC#N)CC1. The van der Waals surface area contributed by atoms with Crippen LogP contribution in [-0.2, 0) is 9.59 Å². The lowest BCUT2D eigenvalue weighted by Gasteiger charge is -2.31. The van der Waals surface area contributed by atoms with Crippen LogP contribution in [0.25, 0.3) is 0 Å². The average molecular weight is 263 g/mol. The summed E-state index contributed by atoms with van der Waals surface area (Å²) in [6.07, 6.45) is 3.76. The van der Waals surface area contributed by atoms with E-state index in [0.29, 0.717) is 32.4 Å². The largest absolute Gasteiger partial charge is 0.352 e. The van der Waals surface area contributed by atoms with E-state index in [9.17, 15) is 9.59 Å². The summed E-state index contributed by atoms with van der Waals surface area (Å²) >= 11 is 0. The zero-order valence-corrected chi connectivity index (χ0v) is 11.4. The standard InChI is InChI=1S/C14H21N3O2/c1-3-12(5-8-15)16-14(19)11-6-9-17(10-7-11)13(18)4-2/h4,11-12H,2-3,5-7,9-10H2,1H3,(H,16,19). The van der Waals surface area contributed by atoms with Crippen molar-refractivity contribution in [2.45, 2.75) is 38.6 Å². The second kappa shape index (κ2) is 7.57. The van der Waals surface area contributed by atoms with Crippen LogP contribution in [0.5, 0.6) is 0 Å². The molecule has 1 aliphatic rings. The summed E-state index contributed by atoms with van der Waals surface area (Å²) in [4.78, 5) is 25.2. The van der Waals surface area contributed by atoms with Crippen molar-refractivity contribution in [3.63, 3.8) is 0 Å². The molecule has 0 bridgehead atoms. The van der Waals surface area contributed by atoms with Crippen LogP contribution >= 0.6 is 0 Å². The number of amides is 2. The lowest BCUT2D eigenvalue weighted by atomic mass is 9.95. The first kappa shape index (κ1) is 15.2. The number of hydrogen-bond acceptors (Lipinski definition) is 3. The van der Waals surface area contributed by atoms with Crippen molar-refractivity contribution < 1.29 is 9.59 Å². The van der Waals surface area contributed by atoms with Gasteiger partial charge in [0.1, 0.15) is 0 Å². The van der Waals surface area contributed by atoms with E-state index in [1.165, 1.54) is 6.08 Å². The Morgan fingerprint density at radius 3 is 2.63 bits per heavy atom. The van der Waals surface area contributed by atoms with Gasteiger partial charge in [0.25, 0.3) is 0 Å². The monoisotopic (exact) mass is 263 g/mol. The molecule has 0 aromatic carbocycles. The van der Waals surface area contributed by atoms with Gasteiger partial charge in [-0.15, -0.1) is 0 Å². The van der Waals surface area contributed by atoms with Gasteiger partial charge in [0.15, 0.2) is 0 Å². The number of nitriles is 1. The molecular weight excluding hydrogens is 242 g/mol. The molecule has 1 unspecified atom stereocenters. The third kappa shape index (κ3) is 4.40. The fraction of sp³-hybridized carbons (Fsp3) is 0.643. The van der Waals surface area contributed by atoms with E-state index in [1.807, 2.05) is 6.92 Å². The van der Waals surface area contributed by atoms with Gasteiger partial charge >= 0.3 is 0 Å². The first-order chi connectivity index (χ1) is 9.12. The molecule has 0 aromatic heterocycles. The molecule has 5 nitrogen and oxygen atoms in total. The number of likely N-dealkylation sites (tertiary alicyclic amines) is 1. The molecule has 0 aromatic rings. The molecule has 1 atom stereocenters. The van der Waals surface area contributed by atoms with Crippen molar-refractivity contribution in [2.75, 3.05) is 13.1 Å². The summed E-state index contributed by atoms with van der Waals surface area (Å²) in [6.45, 7) is 6.60. The van der Waals surface area contributed by atoms with Crippen LogP contribution in [0.4, 0.5) is 0 Å². The Bertz CT molecular complexity index is 379. The minimum absolute atomic E-state index is 0.00722. The highest BCUT2D eigenvalue weighted by molar-refractivity contribution is 5.87. The minimum Gasteiger partial charge on any atom is -0.352 e. The van der Waals surface area contributed by atoms with Gasteiger partial charge in [-0.2, -0.15) is 5.26 Å². The number of carbonyl (C=O) groups is 2. The summed E-state index contributed by atoms with van der Waals surface area (Å²) in [7, 11) is 0. The Balaban J connectivity index is 2.42. The second-order valence-corrected chi connectivity index (χ2v) is 4.78. The van der Waals surface area contributed by atoms with Crippen LogP contribution < -0.4 is 5.32 Å². The van der Waals surface area contributed by atoms with Gasteiger partial charge in [0, 0.05) is 25.0 Å². The zero-order valence-electron chi connectivity index (χ0n) is 11.4. The molecule has 19 heavy (non-hydrogen) atoms. The van der Waals surface area contributed by atoms with Crippen LogP contribution in [0.1, 0.15) is 32.6 Å². The number of hydrogen-bond donors (Lipinski definition) is 1. The summed E-state index contributed by atoms with van der Waals surface area (Å²) < 4.78 is 0. The van der Waals surface area contributed by atoms with Gasteiger partial charge in [-0.05, 0) is 25.3 Å². The van der Waals surface area contributed by atoms with E-state index in [0.717, 1.165) is 6.42 Å². The molecular formula is C14H21N3O2. The Kier molecular flexibility index (Phi) is 6.07. The highest BCUT2D eigenvalue weighted by atomic mass is 16.2. The van der Waals surface area contributed by atoms with Crippen LogP contribution in [0.15, 0.2) is 12.7 Å². The molecule has 0 radical (unpaired) electrons. The van der Waals surface area contributed by atoms with Gasteiger partial charge in [0.05, 0.1) is 12.5 Å². The normalized spacial score (nSPS) is 17.4. The molecule has 0 saturated carbocycles. The van der Waals surface area contributed by atoms with Crippen molar-refractivity contribution in [3.05, 3.63) is 12.7 Å². The van der Waals surface area contributed by atoms with E-state index >= 15 is 0 Å². The maximum absolute atomic E-state index is 12.0. The summed E-state index contributed by atoms with van der Waals surface area (Å²) in [6, 6.07) is 2.01. The number of piperidine rings is 1. The summed E-state index contributed by atoms with van der Waals surface area (Å²) in [5.41, 5.74) is 0. The van der Waals surface area contributed by atoms with Crippen molar-refractivity contribution in [2.24, 2.45) is 5.92 Å². The lowest BCUT2D eigenvalue weighted by Crippen LogP contribution is -2.44. The topological polar surface area (TPSA) is 73.2 Å². The average Bonchev–Trinajstić information content (AvgIpc) is 2.45. The maximum atomic E-state index is 12.0. The van der Waals surface area contributed by atoms with E-state index in [4.69, 9.17) is 5.26 Å². The third-order valence-electron chi connectivity index (χ3n) is 3.53. The zero-order chi connectivity index (χ0) is 14.3. The van der Waals surface area contributed by atoms with Gasteiger partial charge < -0.3 is 10.2 Å². The Morgan fingerprint density at radius 2 is 2.16 bits per heavy atom. The molecule has 0 spiro atoms. The van der Waals surface area contributed by atoms with Crippen molar-refractivity contribution >= 4 is 11.8 Å². The number of carbonyl (C=O) groups excluding carboxylic acids is 2. The van der Waals surface area contributed by atoms with Gasteiger partial charge in [0.2, 0.25) is 11.8 Å². The van der Waals surface area contributed by atoms with Crippen molar-refractivity contribution in [1.82, 2.24) is 10.2 Å². The fourth-order valence-electron chi connectivity index (χ4n) is 2.22. The van der Waals surface area contributed by atoms with Crippen LogP contribution in [0, 0.1) is 17.2 Å². The maximum Gasteiger partial charge on any atom is 0.245 e. The van der Waals surface area contributed by atoms with E-state index in [2.05, 4.69) is 18.0 Å². The second-order valence-electron chi connectivity index (χ2n) is 4.78. The van der Waals surface area contributed by atoms with Crippen molar-refractivity contribution in [3.8, 4) is 6.07 Å². The van der Waals surface area contributed by atoms with Crippen LogP contribution in [-0.4, -0.2) is 35.8 Å². The van der Waals surface area contributed by atoms with Gasteiger partial charge in [-0.1, -0.05) is 13.5 Å². The lowest BCUT2D eigenvalue weighted by molar-refractivity contribution is -0.132. The highest BCUT2D eigenvalue weighted by Gasteiger charge is 2.27. The third-order valence-corrected chi connectivity index (χ3v) is 3.53. The molecule has 1 N–H and O–H groups in total. The molecule has 5 heteroatoms. The van der Waals surface area contributed by atoms with E-state index < -0.39 is 0 Å². The van der Waals surface area contributed by atoms with Gasteiger partial charge in [-0.25, -0.2) is 0 Å². The Hall–Kier alpha value is -1.83. The molecule has 1 rings (SSSR count). The molecule has 1 fully saturated rings. The van der Waals surface area contributed by atoms with Crippen molar-refractivity contribution in [1.29, 1.82) is 5.26 Å². The number of nitrogens with zero attached hydrogens (tertiary/aromatic N) is 2. The Labute approximate surface area is 114 Å². The molecule has 1 aliphatic heterocycles. The van der Waals surface area contributed by atoms with Crippen LogP contribution in [0.3, 0.4) is 0 Å². The molecule has 2 amide bonds. The van der Waals surface area contributed by atoms with E-state index in [-0.39, 0.29) is 23.8 Å². The first-order valence-corrected chi connectivity index (χ1v) is 6.71. The predicted octanol–water partition coefficient (Wildman–Crippen LogP) is 1.22. The quantitative estimate of drug-likeness (QED) is 0.758. The summed E-state index contributed by atoms with van der Waals surface area (Å²) in [5.74, 6) is -0.121. The molecule has 0 aliphatic carbocycles. The predicted molar refractivity (Wildman–Crippen MR) is 72.0 cm³/mol. The first-order valence-electron chi connectivity index (χ1n) is 6.71. The Morgan fingerprint density at radius 1 is 1.53 bits per heavy atom. The number of nitrogens with one attached hydrogen (secondary N) is 1. The van der Waals surface area contributed by atoms with Crippen LogP contribution in [0.2, 0.25) is 0 Å². The molecule has 1 saturated heterocycles. The minimum atomic E-state index is -0.0743. The fourth-order valence-corrected chi connectivity index (χ4v) is 2.22. The number of rotatable bonds is 5. The summed E-state index contributed by atoms with van der Waals surface area (Å²) in [5, 5.41) is 11.6. The smallest absolute Gasteiger partial charge is 0.245 e. The van der Waals surface area contributed by atoms with Gasteiger partial charge in [-0.3, -0.25) is 9.59 Å². The molecule has 1 heterocycles. The molecule has 104 valence electrons. The highest BCUT2D eigenvalue weighted by Crippen LogP contribution is 2.18.